The Kier molecular flexibility index (Phi) is 6.26. The molecular formula is C24H19Cl2NO5. The summed E-state index contributed by atoms with van der Waals surface area (Å²) in [6, 6.07) is 17.1. The van der Waals surface area contributed by atoms with Crippen LogP contribution in [0.2, 0.25) is 10.0 Å². The molecule has 6 nitrogen and oxygen atoms in total. The van der Waals surface area contributed by atoms with Crippen LogP contribution in [-0.4, -0.2) is 34.9 Å². The molecule has 164 valence electrons. The Bertz CT molecular complexity index is 1150. The quantitative estimate of drug-likeness (QED) is 0.457. The first-order chi connectivity index (χ1) is 15.3. The fourth-order valence-corrected chi connectivity index (χ4v) is 4.29. The zero-order chi connectivity index (χ0) is 22.8. The van der Waals surface area contributed by atoms with Crippen LogP contribution in [0.15, 0.2) is 60.7 Å². The molecular weight excluding hydrogens is 453 g/mol. The van der Waals surface area contributed by atoms with Gasteiger partial charge in [0.2, 0.25) is 0 Å². The Morgan fingerprint density at radius 3 is 2.12 bits per heavy atom. The third-order valence-corrected chi connectivity index (χ3v) is 6.20. The summed E-state index contributed by atoms with van der Waals surface area (Å²) in [6.07, 6.45) is -1.05. The summed E-state index contributed by atoms with van der Waals surface area (Å²) in [7, 11) is 0. The van der Waals surface area contributed by atoms with Crippen LogP contribution in [-0.2, 0) is 16.0 Å². The molecule has 0 heterocycles. The lowest BCUT2D eigenvalue weighted by Gasteiger charge is -2.18. The Labute approximate surface area is 194 Å². The highest BCUT2D eigenvalue weighted by Crippen LogP contribution is 2.44. The molecule has 4 rings (SSSR count). The molecule has 1 amide bonds. The van der Waals surface area contributed by atoms with Crippen molar-refractivity contribution in [3.8, 4) is 16.9 Å². The second kappa shape index (κ2) is 9.10. The van der Waals surface area contributed by atoms with Crippen molar-refractivity contribution >= 4 is 35.3 Å². The van der Waals surface area contributed by atoms with Crippen molar-refractivity contribution in [1.82, 2.24) is 5.32 Å². The van der Waals surface area contributed by atoms with Gasteiger partial charge in [-0.15, -0.1) is 0 Å². The van der Waals surface area contributed by atoms with Crippen molar-refractivity contribution in [1.29, 1.82) is 0 Å². The van der Waals surface area contributed by atoms with Gasteiger partial charge in [0, 0.05) is 18.4 Å². The highest BCUT2D eigenvalue weighted by molar-refractivity contribution is 6.42. The highest BCUT2D eigenvalue weighted by Gasteiger charge is 2.30. The molecule has 0 bridgehead atoms. The molecule has 1 aliphatic rings. The fourth-order valence-electron chi connectivity index (χ4n) is 3.94. The maximum Gasteiger partial charge on any atom is 0.407 e. The molecule has 0 fully saturated rings. The molecule has 3 aromatic carbocycles. The molecule has 0 radical (unpaired) electrons. The van der Waals surface area contributed by atoms with Gasteiger partial charge in [-0.25, -0.2) is 9.59 Å². The van der Waals surface area contributed by atoms with E-state index in [1.165, 1.54) is 12.1 Å². The van der Waals surface area contributed by atoms with Crippen LogP contribution in [0, 0.1) is 0 Å². The topological polar surface area (TPSA) is 95.9 Å². The first-order valence-electron chi connectivity index (χ1n) is 9.86. The number of aliphatic carboxylic acids is 1. The first-order valence-corrected chi connectivity index (χ1v) is 10.6. The van der Waals surface area contributed by atoms with Gasteiger partial charge in [-0.2, -0.15) is 0 Å². The van der Waals surface area contributed by atoms with Gasteiger partial charge in [-0.1, -0.05) is 71.7 Å². The zero-order valence-electron chi connectivity index (χ0n) is 16.7. The number of hydrogen-bond acceptors (Lipinski definition) is 4. The van der Waals surface area contributed by atoms with Crippen LogP contribution in [0.4, 0.5) is 4.79 Å². The van der Waals surface area contributed by atoms with Crippen molar-refractivity contribution in [3.05, 3.63) is 87.4 Å². The van der Waals surface area contributed by atoms with Gasteiger partial charge in [0.1, 0.15) is 18.4 Å². The fraction of sp³-hybridized carbons (Fsp3) is 0.167. The lowest BCUT2D eigenvalue weighted by molar-refractivity contribution is -0.139. The summed E-state index contributed by atoms with van der Waals surface area (Å²) in [5.41, 5.74) is 4.53. The van der Waals surface area contributed by atoms with Gasteiger partial charge >= 0.3 is 12.1 Å². The molecule has 8 heteroatoms. The van der Waals surface area contributed by atoms with Crippen LogP contribution in [0.3, 0.4) is 0 Å². The molecule has 1 aliphatic carbocycles. The number of phenolic OH excluding ortho intramolecular Hbond substituents is 1. The number of carboxylic acid groups (broad SMARTS) is 1. The third-order valence-electron chi connectivity index (χ3n) is 5.48. The van der Waals surface area contributed by atoms with Gasteiger partial charge < -0.3 is 20.3 Å². The number of hydrogen-bond donors (Lipinski definition) is 3. The molecule has 1 atom stereocenters. The van der Waals surface area contributed by atoms with E-state index in [4.69, 9.17) is 27.9 Å². The lowest BCUT2D eigenvalue weighted by atomic mass is 9.98. The average molecular weight is 472 g/mol. The van der Waals surface area contributed by atoms with Gasteiger partial charge in [-0.05, 0) is 33.9 Å². The number of fused-ring (bicyclic) bond motifs is 3. The third kappa shape index (κ3) is 4.38. The van der Waals surface area contributed by atoms with E-state index in [0.717, 1.165) is 22.3 Å². The number of amides is 1. The standard InChI is InChI=1S/C24H19Cl2NO5/c25-19-9-13(22(28)11-20(19)26)10-21(23(29)30)27-24(31)32-12-18-16-7-3-1-5-14(16)15-6-2-4-8-17(15)18/h1-9,11,18,21,28H,10,12H2,(H,27,31)(H,29,30). The summed E-state index contributed by atoms with van der Waals surface area (Å²) in [4.78, 5) is 24.1. The van der Waals surface area contributed by atoms with E-state index < -0.39 is 18.1 Å². The molecule has 0 spiro atoms. The number of halogens is 2. The van der Waals surface area contributed by atoms with E-state index in [-0.39, 0.29) is 40.3 Å². The van der Waals surface area contributed by atoms with Crippen molar-refractivity contribution in [2.75, 3.05) is 6.61 Å². The van der Waals surface area contributed by atoms with E-state index >= 15 is 0 Å². The van der Waals surface area contributed by atoms with E-state index in [9.17, 15) is 19.8 Å². The summed E-state index contributed by atoms with van der Waals surface area (Å²) in [5, 5.41) is 22.2. The van der Waals surface area contributed by atoms with Crippen molar-refractivity contribution in [2.24, 2.45) is 0 Å². The molecule has 3 N–H and O–H groups in total. The molecule has 0 saturated carbocycles. The Morgan fingerprint density at radius 1 is 0.969 bits per heavy atom. The average Bonchev–Trinajstić information content (AvgIpc) is 3.09. The van der Waals surface area contributed by atoms with E-state index in [0.29, 0.717) is 0 Å². The lowest BCUT2D eigenvalue weighted by Crippen LogP contribution is -2.42. The molecule has 0 aromatic heterocycles. The maximum absolute atomic E-state index is 12.4. The maximum atomic E-state index is 12.4. The molecule has 0 aliphatic heterocycles. The number of ether oxygens (including phenoxy) is 1. The largest absolute Gasteiger partial charge is 0.508 e. The molecule has 32 heavy (non-hydrogen) atoms. The highest BCUT2D eigenvalue weighted by atomic mass is 35.5. The Hall–Kier alpha value is -3.22. The molecule has 0 saturated heterocycles. The predicted molar refractivity (Wildman–Crippen MR) is 121 cm³/mol. The number of carboxylic acids is 1. The monoisotopic (exact) mass is 471 g/mol. The van der Waals surface area contributed by atoms with Crippen molar-refractivity contribution < 1.29 is 24.5 Å². The minimum absolute atomic E-state index is 0.0597. The number of rotatable bonds is 6. The van der Waals surface area contributed by atoms with Crippen LogP contribution in [0.25, 0.3) is 11.1 Å². The van der Waals surface area contributed by atoms with E-state index in [1.54, 1.807) is 0 Å². The van der Waals surface area contributed by atoms with E-state index in [1.807, 2.05) is 48.5 Å². The summed E-state index contributed by atoms with van der Waals surface area (Å²) in [6.45, 7) is 0.0597. The number of phenols is 1. The number of carbonyl (C=O) groups excluding carboxylic acids is 1. The first kappa shape index (κ1) is 22.0. The molecule has 1 unspecified atom stereocenters. The van der Waals surface area contributed by atoms with Crippen molar-refractivity contribution in [3.63, 3.8) is 0 Å². The number of benzene rings is 3. The van der Waals surface area contributed by atoms with Gasteiger partial charge in [-0.3, -0.25) is 0 Å². The van der Waals surface area contributed by atoms with Gasteiger partial charge in [0.15, 0.2) is 0 Å². The van der Waals surface area contributed by atoms with Crippen LogP contribution in [0.5, 0.6) is 5.75 Å². The van der Waals surface area contributed by atoms with Gasteiger partial charge in [0.25, 0.3) is 0 Å². The summed E-state index contributed by atoms with van der Waals surface area (Å²) in [5.74, 6) is -1.63. The second-order valence-corrected chi connectivity index (χ2v) is 8.27. The van der Waals surface area contributed by atoms with Crippen LogP contribution in [0.1, 0.15) is 22.6 Å². The zero-order valence-corrected chi connectivity index (χ0v) is 18.2. The Morgan fingerprint density at radius 2 is 1.53 bits per heavy atom. The number of carbonyl (C=O) groups is 2. The number of alkyl carbamates (subject to hydrolysis) is 1. The molecule has 3 aromatic rings. The Balaban J connectivity index is 1.45. The smallest absolute Gasteiger partial charge is 0.407 e. The van der Waals surface area contributed by atoms with Gasteiger partial charge in [0.05, 0.1) is 10.0 Å². The summed E-state index contributed by atoms with van der Waals surface area (Å²) >= 11 is 11.8. The summed E-state index contributed by atoms with van der Waals surface area (Å²) < 4.78 is 5.41. The number of aromatic hydroxyl groups is 1. The predicted octanol–water partition coefficient (Wildman–Crippen LogP) is 5.23. The van der Waals surface area contributed by atoms with Crippen molar-refractivity contribution in [2.45, 2.75) is 18.4 Å². The minimum Gasteiger partial charge on any atom is -0.508 e. The minimum atomic E-state index is -1.33. The SMILES string of the molecule is O=C(NC(Cc1cc(Cl)c(Cl)cc1O)C(=O)O)OCC1c2ccccc2-c2ccccc21. The van der Waals surface area contributed by atoms with Crippen LogP contribution >= 0.6 is 23.2 Å². The van der Waals surface area contributed by atoms with E-state index in [2.05, 4.69) is 5.32 Å². The number of nitrogens with one attached hydrogen (secondary N) is 1. The normalized spacial score (nSPS) is 13.2. The van der Waals surface area contributed by atoms with Crippen LogP contribution < -0.4 is 5.32 Å². The second-order valence-electron chi connectivity index (χ2n) is 7.46.